The number of rotatable bonds is 17. The Morgan fingerprint density at radius 1 is 0.760 bits per heavy atom. The minimum Gasteiger partial charge on any atom is -0.748 e. The summed E-state index contributed by atoms with van der Waals surface area (Å²) in [4.78, 5) is 0. The Morgan fingerprint density at radius 3 is 1.56 bits per heavy atom. The van der Waals surface area contributed by atoms with Gasteiger partial charge in [0, 0.05) is 5.25 Å². The van der Waals surface area contributed by atoms with Gasteiger partial charge < -0.3 is 9.66 Å². The van der Waals surface area contributed by atoms with Crippen LogP contribution in [-0.2, 0) is 10.1 Å². The van der Waals surface area contributed by atoms with Crippen LogP contribution < -0.4 is 29.6 Å². The van der Waals surface area contributed by atoms with Gasteiger partial charge in [0.25, 0.3) is 0 Å². The van der Waals surface area contributed by atoms with Crippen LogP contribution in [0.25, 0.3) is 0 Å². The molecule has 0 aromatic heterocycles. The molecule has 0 aromatic carbocycles. The van der Waals surface area contributed by atoms with Crippen LogP contribution in [-0.4, -0.2) is 29.4 Å². The fraction of sp³-hybridized carbons (Fsp3) is 1.00. The van der Waals surface area contributed by atoms with Gasteiger partial charge in [0.05, 0.1) is 16.2 Å². The summed E-state index contributed by atoms with van der Waals surface area (Å²) in [6.45, 7) is 3.71. The van der Waals surface area contributed by atoms with Crippen LogP contribution in [0.5, 0.6) is 0 Å². The molecule has 0 fully saturated rings. The van der Waals surface area contributed by atoms with E-state index in [0.29, 0.717) is 6.42 Å². The predicted molar refractivity (Wildman–Crippen MR) is 100 cm³/mol. The second kappa shape index (κ2) is 18.2. The topological polar surface area (TPSA) is 77.4 Å². The summed E-state index contributed by atoms with van der Waals surface area (Å²) in [6, 6.07) is 0. The second-order valence-electron chi connectivity index (χ2n) is 7.21. The molecule has 0 aliphatic heterocycles. The molecule has 0 saturated heterocycles. The Labute approximate surface area is 178 Å². The van der Waals surface area contributed by atoms with Crippen LogP contribution >= 0.6 is 0 Å². The molecule has 2 unspecified atom stereocenters. The maximum atomic E-state index is 10.8. The number of unbranched alkanes of at least 4 members (excludes halogenated alkanes) is 10. The molecule has 0 bridgehead atoms. The maximum Gasteiger partial charge on any atom is 1.00 e. The Morgan fingerprint density at radius 2 is 1.12 bits per heavy atom. The van der Waals surface area contributed by atoms with Crippen molar-refractivity contribution in [1.82, 2.24) is 0 Å². The van der Waals surface area contributed by atoms with E-state index in [1.54, 1.807) is 0 Å². The fourth-order valence-corrected chi connectivity index (χ4v) is 3.42. The maximum absolute atomic E-state index is 10.8. The van der Waals surface area contributed by atoms with Crippen molar-refractivity contribution in [3.63, 3.8) is 0 Å². The molecule has 0 aromatic rings. The van der Waals surface area contributed by atoms with E-state index in [1.807, 2.05) is 0 Å². The third kappa shape index (κ3) is 19.4. The molecule has 0 aliphatic carbocycles. The van der Waals surface area contributed by atoms with Gasteiger partial charge in [-0.15, -0.1) is 0 Å². The standard InChI is InChI=1S/C19H40O4S.Na/c1-3-4-5-6-7-8-9-10-13-16-19(20)17-14-11-12-15-18(2)24(21,22)23;/h18-20H,3-17H2,1-2H3,(H,21,22,23);/q;+1/p-1. The number of hydrogen-bond donors (Lipinski definition) is 1. The van der Waals surface area contributed by atoms with Gasteiger partial charge in [-0.25, -0.2) is 8.42 Å². The van der Waals surface area contributed by atoms with E-state index in [4.69, 9.17) is 0 Å². The molecule has 0 rings (SSSR count). The number of aliphatic hydroxyl groups excluding tert-OH is 1. The zero-order chi connectivity index (χ0) is 18.3. The normalized spacial score (nSPS) is 14.1. The van der Waals surface area contributed by atoms with Gasteiger partial charge in [0.15, 0.2) is 0 Å². The van der Waals surface area contributed by atoms with Crippen LogP contribution in [0.1, 0.15) is 110 Å². The molecule has 1 N–H and O–H groups in total. The van der Waals surface area contributed by atoms with Crippen LogP contribution in [0, 0.1) is 0 Å². The molecule has 0 heterocycles. The van der Waals surface area contributed by atoms with Crippen LogP contribution in [0.3, 0.4) is 0 Å². The molecular formula is C19H39NaO4S. The van der Waals surface area contributed by atoms with Crippen molar-refractivity contribution in [2.75, 3.05) is 0 Å². The number of hydrogen-bond acceptors (Lipinski definition) is 4. The van der Waals surface area contributed by atoms with Crippen molar-refractivity contribution >= 4 is 10.1 Å². The minimum absolute atomic E-state index is 0. The summed E-state index contributed by atoms with van der Waals surface area (Å²) in [5, 5.41) is 9.15. The van der Waals surface area contributed by atoms with Crippen molar-refractivity contribution in [3.8, 4) is 0 Å². The summed E-state index contributed by atoms with van der Waals surface area (Å²) in [7, 11) is -4.13. The Bertz CT molecular complexity index is 374. The number of aliphatic hydroxyl groups is 1. The molecule has 0 spiro atoms. The average molecular weight is 387 g/mol. The molecule has 2 atom stereocenters. The van der Waals surface area contributed by atoms with E-state index in [2.05, 4.69) is 6.92 Å². The van der Waals surface area contributed by atoms with Crippen molar-refractivity contribution in [1.29, 1.82) is 0 Å². The monoisotopic (exact) mass is 386 g/mol. The molecule has 0 saturated carbocycles. The van der Waals surface area contributed by atoms with Crippen molar-refractivity contribution < 1.29 is 47.6 Å². The van der Waals surface area contributed by atoms with Crippen molar-refractivity contribution in [2.24, 2.45) is 0 Å². The smallest absolute Gasteiger partial charge is 0.748 e. The molecular weight excluding hydrogens is 347 g/mol. The second-order valence-corrected chi connectivity index (χ2v) is 9.00. The van der Waals surface area contributed by atoms with Crippen LogP contribution in [0.15, 0.2) is 0 Å². The Hall–Kier alpha value is 0.870. The average Bonchev–Trinajstić information content (AvgIpc) is 2.51. The summed E-state index contributed by atoms with van der Waals surface area (Å²) >= 11 is 0. The van der Waals surface area contributed by atoms with Crippen molar-refractivity contribution in [3.05, 3.63) is 0 Å². The van der Waals surface area contributed by atoms with E-state index in [9.17, 15) is 18.1 Å². The van der Waals surface area contributed by atoms with E-state index in [1.165, 1.54) is 58.3 Å². The van der Waals surface area contributed by atoms with Gasteiger partial charge in [-0.1, -0.05) is 84.0 Å². The first-order chi connectivity index (χ1) is 11.4. The zero-order valence-corrected chi connectivity index (χ0v) is 19.7. The van der Waals surface area contributed by atoms with E-state index in [0.717, 1.165) is 38.5 Å². The quantitative estimate of drug-likeness (QED) is 0.236. The van der Waals surface area contributed by atoms with E-state index >= 15 is 0 Å². The molecule has 25 heavy (non-hydrogen) atoms. The summed E-state index contributed by atoms with van der Waals surface area (Å²) in [5.41, 5.74) is 0. The third-order valence-corrected chi connectivity index (χ3v) is 6.00. The van der Waals surface area contributed by atoms with Crippen LogP contribution in [0.4, 0.5) is 0 Å². The largest absolute Gasteiger partial charge is 1.00 e. The fourth-order valence-electron chi connectivity index (χ4n) is 2.97. The first kappa shape index (κ1) is 28.1. The minimum atomic E-state index is -4.13. The summed E-state index contributed by atoms with van der Waals surface area (Å²) < 4.78 is 32.3. The van der Waals surface area contributed by atoms with Gasteiger partial charge in [-0.2, -0.15) is 0 Å². The third-order valence-electron chi connectivity index (χ3n) is 4.78. The van der Waals surface area contributed by atoms with E-state index < -0.39 is 15.4 Å². The summed E-state index contributed by atoms with van der Waals surface area (Å²) in [5.74, 6) is 0. The first-order valence-electron chi connectivity index (χ1n) is 10.0. The first-order valence-corrected chi connectivity index (χ1v) is 11.5. The van der Waals surface area contributed by atoms with Crippen LogP contribution in [0.2, 0.25) is 0 Å². The van der Waals surface area contributed by atoms with Gasteiger partial charge in [-0.3, -0.25) is 0 Å². The Kier molecular flexibility index (Phi) is 20.5. The van der Waals surface area contributed by atoms with Crippen molar-refractivity contribution in [2.45, 2.75) is 122 Å². The Balaban J connectivity index is 0. The molecule has 4 nitrogen and oxygen atoms in total. The SMILES string of the molecule is CCCCCCCCCCCC(O)CCCCCC(C)S(=O)(=O)[O-].[Na+]. The van der Waals surface area contributed by atoms with E-state index in [-0.39, 0.29) is 35.7 Å². The molecule has 0 amide bonds. The van der Waals surface area contributed by atoms with Gasteiger partial charge in [0.1, 0.15) is 0 Å². The molecule has 0 radical (unpaired) electrons. The summed E-state index contributed by atoms with van der Waals surface area (Å²) in [6.07, 6.45) is 16.1. The molecule has 0 aliphatic rings. The zero-order valence-electron chi connectivity index (χ0n) is 16.8. The molecule has 146 valence electrons. The van der Waals surface area contributed by atoms with Gasteiger partial charge in [0.2, 0.25) is 0 Å². The van der Waals surface area contributed by atoms with Gasteiger partial charge >= 0.3 is 29.6 Å². The predicted octanol–water partition coefficient (Wildman–Crippen LogP) is 2.16. The van der Waals surface area contributed by atoms with Gasteiger partial charge in [-0.05, 0) is 26.2 Å². The molecule has 6 heteroatoms.